The molecule has 0 amide bonds. The van der Waals surface area contributed by atoms with Crippen LogP contribution in [0.2, 0.25) is 0 Å². The maximum absolute atomic E-state index is 12.0. The van der Waals surface area contributed by atoms with E-state index in [0.717, 1.165) is 6.07 Å². The second-order valence-corrected chi connectivity index (χ2v) is 3.60. The zero-order valence-corrected chi connectivity index (χ0v) is 9.02. The lowest BCUT2D eigenvalue weighted by atomic mass is 10.2. The first-order valence-corrected chi connectivity index (χ1v) is 4.66. The normalized spacial score (nSPS) is 11.5. The molecule has 4 N–H and O–H groups in total. The van der Waals surface area contributed by atoms with Gasteiger partial charge in [0.05, 0.1) is 5.69 Å². The van der Waals surface area contributed by atoms with Gasteiger partial charge in [0.15, 0.2) is 5.75 Å². The van der Waals surface area contributed by atoms with Crippen LogP contribution in [-0.4, -0.2) is 6.36 Å². The van der Waals surface area contributed by atoms with E-state index >= 15 is 0 Å². The average Bonchev–Trinajstić information content (AvgIpc) is 2.10. The number of alkyl halides is 3. The lowest BCUT2D eigenvalue weighted by molar-refractivity contribution is -0.274. The fraction of sp³-hybridized carbons (Fsp3) is 0.250. The van der Waals surface area contributed by atoms with Crippen molar-refractivity contribution in [2.24, 2.45) is 5.73 Å². The molecule has 1 aromatic rings. The van der Waals surface area contributed by atoms with Crippen LogP contribution in [0, 0.1) is 0 Å². The van der Waals surface area contributed by atoms with Crippen LogP contribution in [0.15, 0.2) is 16.6 Å². The minimum atomic E-state index is -4.76. The molecule has 84 valence electrons. The van der Waals surface area contributed by atoms with Gasteiger partial charge in [0.1, 0.15) is 0 Å². The first-order chi connectivity index (χ1) is 6.83. The summed E-state index contributed by atoms with van der Waals surface area (Å²) in [6, 6.07) is 2.70. The van der Waals surface area contributed by atoms with Crippen LogP contribution in [0.1, 0.15) is 5.56 Å². The van der Waals surface area contributed by atoms with E-state index in [4.69, 9.17) is 11.5 Å². The number of hydrogen-bond donors (Lipinski definition) is 2. The van der Waals surface area contributed by atoms with Crippen LogP contribution >= 0.6 is 15.9 Å². The Hall–Kier alpha value is -0.950. The summed E-state index contributed by atoms with van der Waals surface area (Å²) in [6.07, 6.45) is -4.76. The summed E-state index contributed by atoms with van der Waals surface area (Å²) in [5.74, 6) is -0.447. The summed E-state index contributed by atoms with van der Waals surface area (Å²) in [4.78, 5) is 0. The van der Waals surface area contributed by atoms with E-state index in [9.17, 15) is 13.2 Å². The van der Waals surface area contributed by atoms with Crippen LogP contribution in [-0.2, 0) is 6.54 Å². The Labute approximate surface area is 92.3 Å². The van der Waals surface area contributed by atoms with Crippen LogP contribution in [0.5, 0.6) is 5.75 Å². The zero-order chi connectivity index (χ0) is 11.6. The van der Waals surface area contributed by atoms with E-state index < -0.39 is 12.1 Å². The van der Waals surface area contributed by atoms with Gasteiger partial charge in [0.2, 0.25) is 0 Å². The molecule has 0 unspecified atom stereocenters. The lowest BCUT2D eigenvalue weighted by Gasteiger charge is -2.13. The fourth-order valence-corrected chi connectivity index (χ4v) is 1.46. The van der Waals surface area contributed by atoms with Crippen molar-refractivity contribution < 1.29 is 17.9 Å². The topological polar surface area (TPSA) is 61.3 Å². The molecular formula is C8H8BrF3N2O. The Morgan fingerprint density at radius 1 is 1.33 bits per heavy atom. The summed E-state index contributed by atoms with van der Waals surface area (Å²) in [6.45, 7) is 0.104. The minimum Gasteiger partial charge on any atom is -0.404 e. The molecule has 0 aliphatic carbocycles. The number of anilines is 1. The molecule has 0 aliphatic rings. The highest BCUT2D eigenvalue weighted by molar-refractivity contribution is 9.10. The SMILES string of the molecule is NCc1cc(Br)c(N)c(OC(F)(F)F)c1. The van der Waals surface area contributed by atoms with Crippen LogP contribution in [0.4, 0.5) is 18.9 Å². The van der Waals surface area contributed by atoms with Crippen molar-refractivity contribution in [2.75, 3.05) is 5.73 Å². The predicted octanol–water partition coefficient (Wildman–Crippen LogP) is 2.39. The Balaban J connectivity index is 3.11. The van der Waals surface area contributed by atoms with Gasteiger partial charge in [-0.25, -0.2) is 0 Å². The zero-order valence-electron chi connectivity index (χ0n) is 7.44. The van der Waals surface area contributed by atoms with Gasteiger partial charge in [0.25, 0.3) is 0 Å². The molecule has 0 fully saturated rings. The molecule has 0 radical (unpaired) electrons. The fourth-order valence-electron chi connectivity index (χ4n) is 0.973. The number of benzene rings is 1. The number of nitrogens with two attached hydrogens (primary N) is 2. The molecule has 1 rings (SSSR count). The number of hydrogen-bond acceptors (Lipinski definition) is 3. The van der Waals surface area contributed by atoms with Gasteiger partial charge in [-0.1, -0.05) is 0 Å². The van der Waals surface area contributed by atoms with E-state index in [-0.39, 0.29) is 12.2 Å². The molecule has 0 saturated carbocycles. The van der Waals surface area contributed by atoms with Crippen LogP contribution in [0.25, 0.3) is 0 Å². The van der Waals surface area contributed by atoms with Crippen LogP contribution < -0.4 is 16.2 Å². The van der Waals surface area contributed by atoms with Gasteiger partial charge < -0.3 is 16.2 Å². The van der Waals surface area contributed by atoms with E-state index in [1.165, 1.54) is 0 Å². The second kappa shape index (κ2) is 4.28. The van der Waals surface area contributed by atoms with Crippen molar-refractivity contribution in [1.82, 2.24) is 0 Å². The number of halogens is 4. The second-order valence-electron chi connectivity index (χ2n) is 2.74. The molecule has 0 atom stereocenters. The standard InChI is InChI=1S/C8H8BrF3N2O/c9-5-1-4(3-13)2-6(7(5)14)15-8(10,11)12/h1-2H,3,13-14H2. The van der Waals surface area contributed by atoms with Crippen molar-refractivity contribution in [1.29, 1.82) is 0 Å². The van der Waals surface area contributed by atoms with Crippen molar-refractivity contribution in [2.45, 2.75) is 12.9 Å². The Kier molecular flexibility index (Phi) is 3.46. The average molecular weight is 285 g/mol. The highest BCUT2D eigenvalue weighted by atomic mass is 79.9. The van der Waals surface area contributed by atoms with Gasteiger partial charge in [-0.2, -0.15) is 0 Å². The van der Waals surface area contributed by atoms with Crippen molar-refractivity contribution >= 4 is 21.6 Å². The van der Waals surface area contributed by atoms with E-state index in [1.54, 1.807) is 6.07 Å². The van der Waals surface area contributed by atoms with Gasteiger partial charge in [-0.05, 0) is 33.6 Å². The molecule has 0 aromatic heterocycles. The lowest BCUT2D eigenvalue weighted by Crippen LogP contribution is -2.18. The molecule has 7 heteroatoms. The monoisotopic (exact) mass is 284 g/mol. The summed E-state index contributed by atoms with van der Waals surface area (Å²) >= 11 is 3.02. The van der Waals surface area contributed by atoms with Gasteiger partial charge >= 0.3 is 6.36 Å². The molecule has 1 aromatic carbocycles. The number of nitrogen functional groups attached to an aromatic ring is 1. The molecule has 0 saturated heterocycles. The molecule has 3 nitrogen and oxygen atoms in total. The number of ether oxygens (including phenoxy) is 1. The molecule has 0 heterocycles. The van der Waals surface area contributed by atoms with Crippen molar-refractivity contribution in [3.63, 3.8) is 0 Å². The predicted molar refractivity (Wildman–Crippen MR) is 53.1 cm³/mol. The Bertz CT molecular complexity index is 368. The summed E-state index contributed by atoms with van der Waals surface area (Å²) < 4.78 is 40.0. The Morgan fingerprint density at radius 2 is 1.93 bits per heavy atom. The molecule has 0 spiro atoms. The van der Waals surface area contributed by atoms with Crippen molar-refractivity contribution in [3.05, 3.63) is 22.2 Å². The molecule has 15 heavy (non-hydrogen) atoms. The smallest absolute Gasteiger partial charge is 0.404 e. The first-order valence-electron chi connectivity index (χ1n) is 3.87. The minimum absolute atomic E-state index is 0.104. The maximum atomic E-state index is 12.0. The quantitative estimate of drug-likeness (QED) is 0.820. The summed E-state index contributed by atoms with van der Waals surface area (Å²) in [5.41, 5.74) is 11.1. The van der Waals surface area contributed by atoms with Gasteiger partial charge in [-0.15, -0.1) is 13.2 Å². The largest absolute Gasteiger partial charge is 0.573 e. The third-order valence-electron chi connectivity index (χ3n) is 1.61. The number of rotatable bonds is 2. The Morgan fingerprint density at radius 3 is 2.40 bits per heavy atom. The van der Waals surface area contributed by atoms with Gasteiger partial charge in [0, 0.05) is 11.0 Å². The summed E-state index contributed by atoms with van der Waals surface area (Å²) in [7, 11) is 0. The molecule has 0 bridgehead atoms. The van der Waals surface area contributed by atoms with Crippen LogP contribution in [0.3, 0.4) is 0 Å². The molecule has 0 aliphatic heterocycles. The highest BCUT2D eigenvalue weighted by Gasteiger charge is 2.32. The first kappa shape index (κ1) is 12.1. The molecular weight excluding hydrogens is 277 g/mol. The van der Waals surface area contributed by atoms with Crippen molar-refractivity contribution in [3.8, 4) is 5.75 Å². The van der Waals surface area contributed by atoms with E-state index in [2.05, 4.69) is 20.7 Å². The maximum Gasteiger partial charge on any atom is 0.573 e. The van der Waals surface area contributed by atoms with E-state index in [1.807, 2.05) is 0 Å². The third kappa shape index (κ3) is 3.28. The van der Waals surface area contributed by atoms with E-state index in [0.29, 0.717) is 10.0 Å². The van der Waals surface area contributed by atoms with Gasteiger partial charge in [-0.3, -0.25) is 0 Å². The third-order valence-corrected chi connectivity index (χ3v) is 2.27. The summed E-state index contributed by atoms with van der Waals surface area (Å²) in [5, 5.41) is 0. The highest BCUT2D eigenvalue weighted by Crippen LogP contribution is 2.34.